The zero-order valence-corrected chi connectivity index (χ0v) is 35.6. The second-order valence-corrected chi connectivity index (χ2v) is 15.9. The van der Waals surface area contributed by atoms with Crippen LogP contribution in [0.15, 0.2) is 84.9 Å². The van der Waals surface area contributed by atoms with E-state index in [1.54, 1.807) is 0 Å². The van der Waals surface area contributed by atoms with Crippen LogP contribution in [0.4, 0.5) is 0 Å². The van der Waals surface area contributed by atoms with Crippen molar-refractivity contribution in [1.82, 2.24) is 15.0 Å². The van der Waals surface area contributed by atoms with Crippen LogP contribution in [0.2, 0.25) is 0 Å². The molecule has 2 atom stereocenters. The molecule has 55 heavy (non-hydrogen) atoms. The maximum absolute atomic E-state index is 5.39. The monoisotopic (exact) mass is 734 g/mol. The molecule has 0 spiro atoms. The first-order chi connectivity index (χ1) is 26.7. The first-order valence-electron chi connectivity index (χ1n) is 21.5. The molecular formula is C52H67N3. The van der Waals surface area contributed by atoms with Gasteiger partial charge in [0.25, 0.3) is 0 Å². The molecule has 290 valence electrons. The maximum atomic E-state index is 5.39. The topological polar surface area (TPSA) is 38.7 Å². The lowest BCUT2D eigenvalue weighted by Crippen LogP contribution is -2.08. The fourth-order valence-corrected chi connectivity index (χ4v) is 8.19. The first kappa shape index (κ1) is 41.8. The Morgan fingerprint density at radius 2 is 1.16 bits per heavy atom. The Hall–Kier alpha value is -4.37. The lowest BCUT2D eigenvalue weighted by atomic mass is 9.87. The van der Waals surface area contributed by atoms with Gasteiger partial charge in [-0.2, -0.15) is 0 Å². The maximum Gasteiger partial charge on any atom is 0.164 e. The molecule has 0 aliphatic heterocycles. The molecule has 0 saturated heterocycles. The Morgan fingerprint density at radius 1 is 0.564 bits per heavy atom. The van der Waals surface area contributed by atoms with Gasteiger partial charge in [-0.1, -0.05) is 158 Å². The van der Waals surface area contributed by atoms with Gasteiger partial charge in [0.15, 0.2) is 17.5 Å². The summed E-state index contributed by atoms with van der Waals surface area (Å²) in [5, 5.41) is 0. The van der Waals surface area contributed by atoms with Crippen LogP contribution in [-0.2, 0) is 12.8 Å². The zero-order chi connectivity index (χ0) is 39.3. The van der Waals surface area contributed by atoms with Crippen molar-refractivity contribution in [1.29, 1.82) is 0 Å². The van der Waals surface area contributed by atoms with Crippen molar-refractivity contribution in [2.24, 2.45) is 11.8 Å². The van der Waals surface area contributed by atoms with Gasteiger partial charge in [-0.15, -0.1) is 0 Å². The predicted molar refractivity (Wildman–Crippen MR) is 238 cm³/mol. The minimum Gasteiger partial charge on any atom is -0.208 e. The summed E-state index contributed by atoms with van der Waals surface area (Å²) < 4.78 is 0. The molecule has 0 N–H and O–H groups in total. The molecule has 3 nitrogen and oxygen atoms in total. The summed E-state index contributed by atoms with van der Waals surface area (Å²) in [4.78, 5) is 16.0. The van der Waals surface area contributed by atoms with Crippen LogP contribution in [-0.4, -0.2) is 15.0 Å². The average molecular weight is 734 g/mol. The highest BCUT2D eigenvalue weighted by atomic mass is 15.0. The van der Waals surface area contributed by atoms with Gasteiger partial charge in [0.1, 0.15) is 0 Å². The van der Waals surface area contributed by atoms with Crippen molar-refractivity contribution in [3.63, 3.8) is 0 Å². The molecular weight excluding hydrogens is 667 g/mol. The van der Waals surface area contributed by atoms with Crippen molar-refractivity contribution in [3.05, 3.63) is 130 Å². The summed E-state index contributed by atoms with van der Waals surface area (Å²) >= 11 is 0. The second-order valence-electron chi connectivity index (χ2n) is 15.9. The van der Waals surface area contributed by atoms with Crippen molar-refractivity contribution in [2.45, 2.75) is 139 Å². The van der Waals surface area contributed by atoms with Crippen LogP contribution in [0.1, 0.15) is 144 Å². The molecule has 1 heterocycles. The molecule has 0 fully saturated rings. The van der Waals surface area contributed by atoms with E-state index in [1.807, 2.05) is 0 Å². The first-order valence-corrected chi connectivity index (χ1v) is 21.5. The quantitative estimate of drug-likeness (QED) is 0.0848. The van der Waals surface area contributed by atoms with Crippen LogP contribution in [0, 0.1) is 39.5 Å². The normalized spacial score (nSPS) is 12.9. The van der Waals surface area contributed by atoms with Gasteiger partial charge in [0, 0.05) is 16.7 Å². The number of rotatable bonds is 19. The van der Waals surface area contributed by atoms with Gasteiger partial charge in [0.2, 0.25) is 0 Å². The van der Waals surface area contributed by atoms with Crippen molar-refractivity contribution in [3.8, 4) is 33.9 Å². The average Bonchev–Trinajstić information content (AvgIpc) is 3.21. The number of hydrogen-bond donors (Lipinski definition) is 0. The molecule has 0 aliphatic carbocycles. The second kappa shape index (κ2) is 20.5. The number of unbranched alkanes of at least 4 members (excludes halogenated alkanes) is 2. The van der Waals surface area contributed by atoms with Crippen LogP contribution >= 0.6 is 0 Å². The number of benzene rings is 4. The largest absolute Gasteiger partial charge is 0.208 e. The minimum atomic E-state index is 0.730. The van der Waals surface area contributed by atoms with E-state index in [2.05, 4.69) is 147 Å². The smallest absolute Gasteiger partial charge is 0.164 e. The molecule has 0 aliphatic rings. The van der Waals surface area contributed by atoms with Crippen LogP contribution in [0.25, 0.3) is 39.5 Å². The third kappa shape index (κ3) is 10.5. The molecule has 2 unspecified atom stereocenters. The van der Waals surface area contributed by atoms with Crippen LogP contribution < -0.4 is 0 Å². The van der Waals surface area contributed by atoms with E-state index in [0.29, 0.717) is 0 Å². The number of nitrogens with zero attached hydrogens (tertiary/aromatic N) is 3. The van der Waals surface area contributed by atoms with Crippen LogP contribution in [0.5, 0.6) is 0 Å². The highest BCUT2D eigenvalue weighted by molar-refractivity contribution is 5.83. The summed E-state index contributed by atoms with van der Waals surface area (Å²) in [6.07, 6.45) is 17.0. The SMILES string of the molecule is C/C=C(/c1nc(-c2cccc(C)c2C)nc(-c2ccc(CCC(CC)CCCC)c(C)c2C)n1)c1cc(-c2ccccc2)ccc1CCC(CC)CCCC. The summed E-state index contributed by atoms with van der Waals surface area (Å²) in [7, 11) is 0. The molecule has 5 rings (SSSR count). The molecule has 0 bridgehead atoms. The summed E-state index contributed by atoms with van der Waals surface area (Å²) in [5.41, 5.74) is 14.7. The zero-order valence-electron chi connectivity index (χ0n) is 35.6. The van der Waals surface area contributed by atoms with Crippen molar-refractivity contribution in [2.75, 3.05) is 0 Å². The molecule has 0 saturated carbocycles. The van der Waals surface area contributed by atoms with Crippen molar-refractivity contribution < 1.29 is 0 Å². The van der Waals surface area contributed by atoms with E-state index in [-0.39, 0.29) is 0 Å². The molecule has 1 aromatic heterocycles. The van der Waals surface area contributed by atoms with E-state index in [0.717, 1.165) is 58.9 Å². The Bertz CT molecular complexity index is 2020. The third-order valence-electron chi connectivity index (χ3n) is 12.4. The summed E-state index contributed by atoms with van der Waals surface area (Å²) in [5.74, 6) is 3.73. The van der Waals surface area contributed by atoms with E-state index < -0.39 is 0 Å². The standard InChI is InChI=1S/C52H67N3/c1-10-15-22-40(12-3)27-29-42-33-34-48(39(9)38(42)8)52-54-50(53-51(55-52)47-26-20-21-36(6)37(47)7)46(14-5)49-35-45(43-24-18-17-19-25-43)32-31-44(49)30-28-41(13-4)23-16-11-2/h14,17-21,24-26,31-35,40-41H,10-13,15-16,22-23,27-30H2,1-9H3/b46-14+. The number of aromatic nitrogens is 3. The van der Waals surface area contributed by atoms with Crippen LogP contribution in [0.3, 0.4) is 0 Å². The fraction of sp³-hybridized carbons (Fsp3) is 0.442. The fourth-order valence-electron chi connectivity index (χ4n) is 8.19. The van der Waals surface area contributed by atoms with Gasteiger partial charge in [-0.25, -0.2) is 15.0 Å². The molecule has 4 aromatic carbocycles. The van der Waals surface area contributed by atoms with E-state index in [4.69, 9.17) is 15.0 Å². The third-order valence-corrected chi connectivity index (χ3v) is 12.4. The molecule has 3 heteroatoms. The number of aryl methyl sites for hydroxylation is 3. The predicted octanol–water partition coefficient (Wildman–Crippen LogP) is 14.9. The van der Waals surface area contributed by atoms with Gasteiger partial charge in [-0.05, 0) is 128 Å². The van der Waals surface area contributed by atoms with Gasteiger partial charge < -0.3 is 0 Å². The number of hydrogen-bond acceptors (Lipinski definition) is 3. The van der Waals surface area contributed by atoms with E-state index in [9.17, 15) is 0 Å². The molecule has 5 aromatic rings. The van der Waals surface area contributed by atoms with E-state index in [1.165, 1.54) is 114 Å². The summed E-state index contributed by atoms with van der Waals surface area (Å²) in [6.45, 7) is 20.3. The Kier molecular flexibility index (Phi) is 15.6. The Morgan fingerprint density at radius 3 is 1.76 bits per heavy atom. The lowest BCUT2D eigenvalue weighted by Gasteiger charge is -2.19. The van der Waals surface area contributed by atoms with Crippen molar-refractivity contribution >= 4 is 5.57 Å². The van der Waals surface area contributed by atoms with Gasteiger partial charge in [0.05, 0.1) is 0 Å². The Labute approximate surface area is 334 Å². The number of allylic oxidation sites excluding steroid dienone is 1. The van der Waals surface area contributed by atoms with Gasteiger partial charge >= 0.3 is 0 Å². The summed E-state index contributed by atoms with van der Waals surface area (Å²) in [6, 6.07) is 28.8. The minimum absolute atomic E-state index is 0.730. The Balaban J connectivity index is 1.64. The molecule has 0 radical (unpaired) electrons. The molecule has 0 amide bonds. The van der Waals surface area contributed by atoms with Gasteiger partial charge in [-0.3, -0.25) is 0 Å². The lowest BCUT2D eigenvalue weighted by molar-refractivity contribution is 0.421. The highest BCUT2D eigenvalue weighted by Gasteiger charge is 2.21. The van der Waals surface area contributed by atoms with E-state index >= 15 is 0 Å². The highest BCUT2D eigenvalue weighted by Crippen LogP contribution is 2.35.